The molecule has 0 radical (unpaired) electrons. The second kappa shape index (κ2) is 9.41. The number of rotatable bonds is 6. The molecule has 1 amide bonds. The fourth-order valence-corrected chi connectivity index (χ4v) is 4.22. The van der Waals surface area contributed by atoms with Gasteiger partial charge < -0.3 is 5.32 Å². The van der Waals surface area contributed by atoms with Crippen LogP contribution in [-0.4, -0.2) is 39.9 Å². The molecule has 1 aromatic heterocycles. The highest BCUT2D eigenvalue weighted by Crippen LogP contribution is 2.31. The molecule has 0 spiro atoms. The number of likely N-dealkylation sites (tertiary alicyclic amines) is 1. The summed E-state index contributed by atoms with van der Waals surface area (Å²) in [5.41, 5.74) is 3.75. The van der Waals surface area contributed by atoms with Crippen molar-refractivity contribution < 1.29 is 4.79 Å². The van der Waals surface area contributed by atoms with Crippen molar-refractivity contribution in [1.82, 2.24) is 20.2 Å². The van der Waals surface area contributed by atoms with Crippen LogP contribution in [0.2, 0.25) is 10.0 Å². The Kier molecular flexibility index (Phi) is 7.14. The second-order valence-electron chi connectivity index (χ2n) is 8.06. The van der Waals surface area contributed by atoms with Crippen LogP contribution < -0.4 is 5.32 Å². The van der Waals surface area contributed by atoms with Crippen molar-refractivity contribution in [1.29, 1.82) is 0 Å². The van der Waals surface area contributed by atoms with E-state index in [1.54, 1.807) is 0 Å². The third-order valence-electron chi connectivity index (χ3n) is 5.29. The van der Waals surface area contributed by atoms with Crippen LogP contribution in [0.5, 0.6) is 0 Å². The van der Waals surface area contributed by atoms with E-state index in [-0.39, 0.29) is 17.9 Å². The van der Waals surface area contributed by atoms with Crippen molar-refractivity contribution in [3.63, 3.8) is 0 Å². The summed E-state index contributed by atoms with van der Waals surface area (Å²) in [6, 6.07) is 5.88. The first kappa shape index (κ1) is 22.0. The maximum absolute atomic E-state index is 12.1. The average Bonchev–Trinajstić information content (AvgIpc) is 3.10. The molecule has 1 N–H and O–H groups in total. The van der Waals surface area contributed by atoms with E-state index in [2.05, 4.69) is 10.2 Å². The molecule has 1 aliphatic heterocycles. The number of carbonyl (C=O) groups excluding carboxylic acids is 1. The normalized spacial score (nSPS) is 17.1. The lowest BCUT2D eigenvalue weighted by molar-refractivity contribution is -0.120. The van der Waals surface area contributed by atoms with Gasteiger partial charge in [0.25, 0.3) is 0 Å². The minimum absolute atomic E-state index is 0.00740. The Balaban J connectivity index is 1.68. The van der Waals surface area contributed by atoms with Crippen LogP contribution in [0, 0.1) is 13.8 Å². The Morgan fingerprint density at radius 2 is 1.93 bits per heavy atom. The molecular weight excluding hydrogens is 407 g/mol. The molecule has 3 rings (SSSR count). The summed E-state index contributed by atoms with van der Waals surface area (Å²) in [4.78, 5) is 24.0. The van der Waals surface area contributed by atoms with Crippen molar-refractivity contribution in [2.75, 3.05) is 13.1 Å². The van der Waals surface area contributed by atoms with Gasteiger partial charge in [0, 0.05) is 42.0 Å². The summed E-state index contributed by atoms with van der Waals surface area (Å²) >= 11 is 12.5. The zero-order valence-corrected chi connectivity index (χ0v) is 18.9. The van der Waals surface area contributed by atoms with Gasteiger partial charge in [-0.1, -0.05) is 35.3 Å². The van der Waals surface area contributed by atoms with E-state index < -0.39 is 0 Å². The fourth-order valence-electron chi connectivity index (χ4n) is 3.84. The van der Waals surface area contributed by atoms with Crippen LogP contribution in [-0.2, 0) is 17.8 Å². The van der Waals surface area contributed by atoms with Gasteiger partial charge in [0.15, 0.2) is 0 Å². The summed E-state index contributed by atoms with van der Waals surface area (Å²) < 4.78 is 0. The zero-order chi connectivity index (χ0) is 21.1. The van der Waals surface area contributed by atoms with Crippen molar-refractivity contribution in [3.05, 3.63) is 56.6 Å². The largest absolute Gasteiger partial charge is 0.354 e. The zero-order valence-electron chi connectivity index (χ0n) is 17.4. The van der Waals surface area contributed by atoms with Gasteiger partial charge >= 0.3 is 0 Å². The Morgan fingerprint density at radius 3 is 2.59 bits per heavy atom. The van der Waals surface area contributed by atoms with E-state index in [1.165, 1.54) is 0 Å². The molecule has 0 aliphatic carbocycles. The smallest absolute Gasteiger partial charge is 0.224 e. The van der Waals surface area contributed by atoms with Gasteiger partial charge in [-0.25, -0.2) is 9.97 Å². The number of aryl methyl sites for hydroxylation is 2. The van der Waals surface area contributed by atoms with Crippen LogP contribution >= 0.6 is 23.2 Å². The molecule has 0 unspecified atom stereocenters. The standard InChI is InChI=1S/C22H28Cl2N4O/c1-13(2)25-20(29)10-18-14(3)26-22(27-15(18)4)17-8-9-28(12-17)11-16-6-5-7-19(23)21(16)24/h5-7,13,17H,8-12H2,1-4H3,(H,25,29)/t17-/m0/s1. The first-order chi connectivity index (χ1) is 13.7. The lowest BCUT2D eigenvalue weighted by Crippen LogP contribution is -2.32. The maximum Gasteiger partial charge on any atom is 0.224 e. The number of carbonyl (C=O) groups is 1. The highest BCUT2D eigenvalue weighted by molar-refractivity contribution is 6.42. The van der Waals surface area contributed by atoms with E-state index in [9.17, 15) is 4.79 Å². The van der Waals surface area contributed by atoms with E-state index in [0.717, 1.165) is 54.4 Å². The molecule has 7 heteroatoms. The quantitative estimate of drug-likeness (QED) is 0.728. The van der Waals surface area contributed by atoms with Crippen LogP contribution in [0.1, 0.15) is 54.5 Å². The topological polar surface area (TPSA) is 58.1 Å². The number of hydrogen-bond donors (Lipinski definition) is 1. The van der Waals surface area contributed by atoms with Crippen molar-refractivity contribution in [2.45, 2.75) is 59.0 Å². The molecular formula is C22H28Cl2N4O. The van der Waals surface area contributed by atoms with E-state index in [1.807, 2.05) is 45.9 Å². The number of hydrogen-bond acceptors (Lipinski definition) is 4. The molecule has 0 saturated carbocycles. The minimum Gasteiger partial charge on any atom is -0.354 e. The monoisotopic (exact) mass is 434 g/mol. The van der Waals surface area contributed by atoms with Gasteiger partial charge in [-0.2, -0.15) is 0 Å². The highest BCUT2D eigenvalue weighted by Gasteiger charge is 2.27. The van der Waals surface area contributed by atoms with Crippen LogP contribution in [0.3, 0.4) is 0 Å². The Hall–Kier alpha value is -1.69. The molecule has 2 aromatic rings. The number of aromatic nitrogens is 2. The van der Waals surface area contributed by atoms with Crippen LogP contribution in [0.25, 0.3) is 0 Å². The Bertz CT molecular complexity index is 877. The SMILES string of the molecule is Cc1nc([C@H]2CCN(Cc3cccc(Cl)c3Cl)C2)nc(C)c1CC(=O)NC(C)C. The summed E-state index contributed by atoms with van der Waals surface area (Å²) in [7, 11) is 0. The van der Waals surface area contributed by atoms with Crippen molar-refractivity contribution >= 4 is 29.1 Å². The summed E-state index contributed by atoms with van der Waals surface area (Å²) in [5, 5.41) is 4.15. The molecule has 5 nitrogen and oxygen atoms in total. The first-order valence-corrected chi connectivity index (χ1v) is 10.8. The summed E-state index contributed by atoms with van der Waals surface area (Å²) in [5.74, 6) is 1.16. The van der Waals surface area contributed by atoms with Gasteiger partial charge in [0.1, 0.15) is 5.82 Å². The first-order valence-electron chi connectivity index (χ1n) is 10.0. The third-order valence-corrected chi connectivity index (χ3v) is 6.15. The predicted molar refractivity (Wildman–Crippen MR) is 118 cm³/mol. The molecule has 29 heavy (non-hydrogen) atoms. The molecule has 1 fully saturated rings. The fraction of sp³-hybridized carbons (Fsp3) is 0.500. The van der Waals surface area contributed by atoms with Crippen molar-refractivity contribution in [2.24, 2.45) is 0 Å². The average molecular weight is 435 g/mol. The molecule has 1 aliphatic rings. The van der Waals surface area contributed by atoms with Crippen molar-refractivity contribution in [3.8, 4) is 0 Å². The highest BCUT2D eigenvalue weighted by atomic mass is 35.5. The maximum atomic E-state index is 12.1. The number of nitrogens with one attached hydrogen (secondary N) is 1. The Morgan fingerprint density at radius 1 is 1.24 bits per heavy atom. The molecule has 1 atom stereocenters. The third kappa shape index (κ3) is 5.47. The van der Waals surface area contributed by atoms with Gasteiger partial charge in [0.05, 0.1) is 16.5 Å². The number of amides is 1. The summed E-state index contributed by atoms with van der Waals surface area (Å²) in [6.07, 6.45) is 1.32. The van der Waals surface area contributed by atoms with E-state index in [4.69, 9.17) is 33.2 Å². The van der Waals surface area contributed by atoms with Gasteiger partial charge in [-0.3, -0.25) is 9.69 Å². The van der Waals surface area contributed by atoms with Crippen LogP contribution in [0.4, 0.5) is 0 Å². The lowest BCUT2D eigenvalue weighted by Gasteiger charge is -2.18. The van der Waals surface area contributed by atoms with E-state index >= 15 is 0 Å². The molecule has 1 saturated heterocycles. The molecule has 2 heterocycles. The number of nitrogens with zero attached hydrogens (tertiary/aromatic N) is 3. The van der Waals surface area contributed by atoms with Crippen LogP contribution in [0.15, 0.2) is 18.2 Å². The van der Waals surface area contributed by atoms with Gasteiger partial charge in [-0.15, -0.1) is 0 Å². The molecule has 1 aromatic carbocycles. The molecule has 156 valence electrons. The number of benzene rings is 1. The summed E-state index contributed by atoms with van der Waals surface area (Å²) in [6.45, 7) is 10.5. The minimum atomic E-state index is 0.00740. The number of halogens is 2. The molecule has 0 bridgehead atoms. The second-order valence-corrected chi connectivity index (χ2v) is 8.85. The Labute approximate surface area is 182 Å². The predicted octanol–water partition coefficient (Wildman–Crippen LogP) is 4.46. The lowest BCUT2D eigenvalue weighted by atomic mass is 10.0. The van der Waals surface area contributed by atoms with Gasteiger partial charge in [0.2, 0.25) is 5.91 Å². The van der Waals surface area contributed by atoms with E-state index in [0.29, 0.717) is 16.5 Å². The van der Waals surface area contributed by atoms with Gasteiger partial charge in [-0.05, 0) is 52.3 Å².